The first-order valence-electron chi connectivity index (χ1n) is 7.77. The molecule has 7 heteroatoms. The number of ether oxygens (including phenoxy) is 2. The van der Waals surface area contributed by atoms with Crippen molar-refractivity contribution in [3.05, 3.63) is 48.3 Å². The van der Waals surface area contributed by atoms with E-state index in [4.69, 9.17) is 9.47 Å². The third-order valence-corrected chi connectivity index (χ3v) is 3.67. The molecule has 2 aromatic carbocycles. The van der Waals surface area contributed by atoms with Crippen LogP contribution >= 0.6 is 0 Å². The zero-order valence-electron chi connectivity index (χ0n) is 13.7. The van der Waals surface area contributed by atoms with Crippen LogP contribution in [-0.4, -0.2) is 24.0 Å². The van der Waals surface area contributed by atoms with Gasteiger partial charge in [0.25, 0.3) is 11.8 Å². The van der Waals surface area contributed by atoms with Gasteiger partial charge in [0.05, 0.1) is 5.69 Å². The van der Waals surface area contributed by atoms with Crippen molar-refractivity contribution in [2.45, 2.75) is 26.1 Å². The molecule has 0 radical (unpaired) electrons. The number of benzene rings is 2. The first-order valence-corrected chi connectivity index (χ1v) is 7.77. The Morgan fingerprint density at radius 1 is 1.28 bits per heavy atom. The van der Waals surface area contributed by atoms with E-state index in [2.05, 4.69) is 10.6 Å². The van der Waals surface area contributed by atoms with Crippen molar-refractivity contribution in [3.8, 4) is 11.5 Å². The summed E-state index contributed by atoms with van der Waals surface area (Å²) in [6.07, 6.45) is -1.34. The summed E-state index contributed by atoms with van der Waals surface area (Å²) in [5.41, 5.74) is 0.991. The van der Waals surface area contributed by atoms with E-state index in [1.54, 1.807) is 32.0 Å². The number of hydrogen-bond donors (Lipinski definition) is 2. The minimum atomic E-state index is -0.785. The summed E-state index contributed by atoms with van der Waals surface area (Å²) in [4.78, 5) is 23.9. The van der Waals surface area contributed by atoms with E-state index < -0.39 is 12.2 Å². The van der Waals surface area contributed by atoms with E-state index in [1.165, 1.54) is 24.3 Å². The Morgan fingerprint density at radius 3 is 2.72 bits per heavy atom. The van der Waals surface area contributed by atoms with E-state index in [0.29, 0.717) is 22.9 Å². The molecule has 0 fully saturated rings. The molecule has 0 saturated carbocycles. The monoisotopic (exact) mass is 344 g/mol. The molecule has 2 unspecified atom stereocenters. The Bertz CT molecular complexity index is 807. The molecule has 2 N–H and O–H groups in total. The van der Waals surface area contributed by atoms with Gasteiger partial charge in [-0.3, -0.25) is 9.59 Å². The Kier molecular flexibility index (Phi) is 4.56. The quantitative estimate of drug-likeness (QED) is 0.894. The highest BCUT2D eigenvalue weighted by Crippen LogP contribution is 2.32. The van der Waals surface area contributed by atoms with Gasteiger partial charge in [0.1, 0.15) is 17.3 Å². The van der Waals surface area contributed by atoms with Crippen LogP contribution in [0, 0.1) is 5.82 Å². The summed E-state index contributed by atoms with van der Waals surface area (Å²) in [7, 11) is 0. The number of carbonyl (C=O) groups is 2. The lowest BCUT2D eigenvalue weighted by atomic mass is 10.2. The van der Waals surface area contributed by atoms with Gasteiger partial charge in [-0.15, -0.1) is 0 Å². The molecule has 3 rings (SSSR count). The van der Waals surface area contributed by atoms with Crippen LogP contribution < -0.4 is 20.1 Å². The average Bonchev–Trinajstić information content (AvgIpc) is 2.58. The normalized spacial score (nSPS) is 16.9. The Balaban J connectivity index is 1.65. The van der Waals surface area contributed by atoms with Crippen LogP contribution in [0.2, 0.25) is 0 Å². The molecule has 25 heavy (non-hydrogen) atoms. The molecule has 2 atom stereocenters. The lowest BCUT2D eigenvalue weighted by Gasteiger charge is -2.24. The fourth-order valence-electron chi connectivity index (χ4n) is 2.30. The smallest absolute Gasteiger partial charge is 0.265 e. The van der Waals surface area contributed by atoms with Gasteiger partial charge in [-0.05, 0) is 56.3 Å². The van der Waals surface area contributed by atoms with Gasteiger partial charge in [0.15, 0.2) is 12.2 Å². The standard InChI is InChI=1S/C18H17FN2O4/c1-10(24-14-6-3-12(19)4-7-14)17(22)20-13-5-8-16-15(9-13)21-18(23)11(2)25-16/h3-11H,1-2H3,(H,20,22)(H,21,23). The Hall–Kier alpha value is -3.09. The molecule has 0 aliphatic carbocycles. The topological polar surface area (TPSA) is 76.7 Å². The molecule has 0 spiro atoms. The van der Waals surface area contributed by atoms with E-state index in [0.717, 1.165) is 0 Å². The third-order valence-electron chi connectivity index (χ3n) is 3.67. The highest BCUT2D eigenvalue weighted by atomic mass is 19.1. The Labute approximate surface area is 143 Å². The molecule has 2 amide bonds. The highest BCUT2D eigenvalue weighted by Gasteiger charge is 2.24. The van der Waals surface area contributed by atoms with Gasteiger partial charge in [-0.1, -0.05) is 0 Å². The van der Waals surface area contributed by atoms with Crippen molar-refractivity contribution < 1.29 is 23.5 Å². The SMILES string of the molecule is CC(Oc1ccc(F)cc1)C(=O)Nc1ccc2c(c1)NC(=O)C(C)O2. The van der Waals surface area contributed by atoms with Crippen LogP contribution in [0.3, 0.4) is 0 Å². The van der Waals surface area contributed by atoms with Crippen molar-refractivity contribution in [3.63, 3.8) is 0 Å². The summed E-state index contributed by atoms with van der Waals surface area (Å²) < 4.78 is 23.8. The summed E-state index contributed by atoms with van der Waals surface area (Å²) in [5.74, 6) is -0.0633. The maximum Gasteiger partial charge on any atom is 0.265 e. The van der Waals surface area contributed by atoms with E-state index in [1.807, 2.05) is 0 Å². The van der Waals surface area contributed by atoms with Gasteiger partial charge in [0, 0.05) is 5.69 Å². The predicted octanol–water partition coefficient (Wildman–Crippen LogP) is 2.95. The molecule has 1 heterocycles. The van der Waals surface area contributed by atoms with Gasteiger partial charge >= 0.3 is 0 Å². The van der Waals surface area contributed by atoms with Crippen molar-refractivity contribution in [2.24, 2.45) is 0 Å². The summed E-state index contributed by atoms with van der Waals surface area (Å²) >= 11 is 0. The second-order valence-electron chi connectivity index (χ2n) is 5.66. The molecule has 1 aliphatic rings. The van der Waals surface area contributed by atoms with Gasteiger partial charge in [-0.25, -0.2) is 4.39 Å². The van der Waals surface area contributed by atoms with Crippen LogP contribution in [0.5, 0.6) is 11.5 Å². The number of hydrogen-bond acceptors (Lipinski definition) is 4. The second-order valence-corrected chi connectivity index (χ2v) is 5.66. The fraction of sp³-hybridized carbons (Fsp3) is 0.222. The number of halogens is 1. The minimum absolute atomic E-state index is 0.246. The number of amides is 2. The van der Waals surface area contributed by atoms with Crippen LogP contribution in [0.1, 0.15) is 13.8 Å². The molecular weight excluding hydrogens is 327 g/mol. The third kappa shape index (κ3) is 3.88. The maximum absolute atomic E-state index is 12.9. The van der Waals surface area contributed by atoms with Crippen LogP contribution in [-0.2, 0) is 9.59 Å². The molecule has 6 nitrogen and oxygen atoms in total. The number of fused-ring (bicyclic) bond motifs is 1. The summed E-state index contributed by atoms with van der Waals surface area (Å²) in [6, 6.07) is 10.4. The van der Waals surface area contributed by atoms with Crippen molar-refractivity contribution in [2.75, 3.05) is 10.6 Å². The molecule has 0 aromatic heterocycles. The minimum Gasteiger partial charge on any atom is -0.481 e. The van der Waals surface area contributed by atoms with Gasteiger partial charge in [0.2, 0.25) is 0 Å². The van der Waals surface area contributed by atoms with Crippen LogP contribution in [0.25, 0.3) is 0 Å². The average molecular weight is 344 g/mol. The molecular formula is C18H17FN2O4. The van der Waals surface area contributed by atoms with Crippen LogP contribution in [0.4, 0.5) is 15.8 Å². The van der Waals surface area contributed by atoms with Crippen molar-refractivity contribution in [1.82, 2.24) is 0 Å². The van der Waals surface area contributed by atoms with Gasteiger partial charge in [-0.2, -0.15) is 0 Å². The summed E-state index contributed by atoms with van der Waals surface area (Å²) in [5, 5.41) is 5.42. The van der Waals surface area contributed by atoms with Crippen molar-refractivity contribution in [1.29, 1.82) is 0 Å². The lowest BCUT2D eigenvalue weighted by Crippen LogP contribution is -2.34. The van der Waals surface area contributed by atoms with Crippen LogP contribution in [0.15, 0.2) is 42.5 Å². The van der Waals surface area contributed by atoms with E-state index >= 15 is 0 Å². The Morgan fingerprint density at radius 2 is 2.00 bits per heavy atom. The van der Waals surface area contributed by atoms with Crippen molar-refractivity contribution >= 4 is 23.2 Å². The molecule has 0 saturated heterocycles. The molecule has 0 bridgehead atoms. The number of rotatable bonds is 4. The second kappa shape index (κ2) is 6.80. The largest absolute Gasteiger partial charge is 0.481 e. The molecule has 2 aromatic rings. The number of carbonyl (C=O) groups excluding carboxylic acids is 2. The highest BCUT2D eigenvalue weighted by molar-refractivity contribution is 5.99. The van der Waals surface area contributed by atoms with E-state index in [-0.39, 0.29) is 17.6 Å². The van der Waals surface area contributed by atoms with Gasteiger partial charge < -0.3 is 20.1 Å². The first kappa shape index (κ1) is 16.8. The van der Waals surface area contributed by atoms with E-state index in [9.17, 15) is 14.0 Å². The first-order chi connectivity index (χ1) is 11.9. The zero-order valence-corrected chi connectivity index (χ0v) is 13.7. The number of anilines is 2. The maximum atomic E-state index is 12.9. The molecule has 1 aliphatic heterocycles. The fourth-order valence-corrected chi connectivity index (χ4v) is 2.30. The lowest BCUT2D eigenvalue weighted by molar-refractivity contribution is -0.123. The predicted molar refractivity (Wildman–Crippen MR) is 90.3 cm³/mol. The number of nitrogens with one attached hydrogen (secondary N) is 2. The molecule has 130 valence electrons. The zero-order chi connectivity index (χ0) is 18.0. The summed E-state index contributed by atoms with van der Waals surface area (Å²) in [6.45, 7) is 3.24.